The van der Waals surface area contributed by atoms with Crippen LogP contribution in [0.5, 0.6) is 0 Å². The number of nitrogens with zero attached hydrogens (tertiary/aromatic N) is 1. The van der Waals surface area contributed by atoms with E-state index in [1.807, 2.05) is 31.2 Å². The Morgan fingerprint density at radius 3 is 2.15 bits per heavy atom. The predicted molar refractivity (Wildman–Crippen MR) is 124 cm³/mol. The molecule has 0 aliphatic carbocycles. The van der Waals surface area contributed by atoms with E-state index in [0.29, 0.717) is 6.54 Å². The van der Waals surface area contributed by atoms with Crippen molar-refractivity contribution in [1.29, 1.82) is 0 Å². The molecule has 1 aliphatic heterocycles. The summed E-state index contributed by atoms with van der Waals surface area (Å²) in [5, 5.41) is 2.37. The molecule has 1 heterocycles. The minimum absolute atomic E-state index is 0.0950. The number of rotatable bonds is 6. The molecule has 1 N–H and O–H groups in total. The fraction of sp³-hybridized carbons (Fsp3) is 0.385. The zero-order valence-electron chi connectivity index (χ0n) is 19.5. The lowest BCUT2D eigenvalue weighted by Gasteiger charge is -2.31. The maximum absolute atomic E-state index is 12.9. The molecule has 7 nitrogen and oxygen atoms in total. The van der Waals surface area contributed by atoms with Gasteiger partial charge in [0.2, 0.25) is 11.8 Å². The number of hydrogen-bond acceptors (Lipinski definition) is 5. The molecule has 2 amide bonds. The Morgan fingerprint density at radius 2 is 1.58 bits per heavy atom. The van der Waals surface area contributed by atoms with Gasteiger partial charge in [-0.1, -0.05) is 54.1 Å². The first-order chi connectivity index (χ1) is 15.5. The van der Waals surface area contributed by atoms with Crippen LogP contribution in [0.3, 0.4) is 0 Å². The molecular formula is C26H30N2O5. The molecule has 2 aromatic rings. The van der Waals surface area contributed by atoms with Crippen molar-refractivity contribution < 1.29 is 23.9 Å². The van der Waals surface area contributed by atoms with Gasteiger partial charge >= 0.3 is 5.97 Å². The summed E-state index contributed by atoms with van der Waals surface area (Å²) in [6.45, 7) is 7.35. The summed E-state index contributed by atoms with van der Waals surface area (Å²) in [7, 11) is 0. The van der Waals surface area contributed by atoms with Crippen LogP contribution in [0.2, 0.25) is 0 Å². The zero-order chi connectivity index (χ0) is 24.2. The number of carbonyl (C=O) groups excluding carboxylic acids is 4. The number of esters is 1. The van der Waals surface area contributed by atoms with Crippen LogP contribution in [0.4, 0.5) is 0 Å². The molecule has 33 heavy (non-hydrogen) atoms. The van der Waals surface area contributed by atoms with Crippen LogP contribution in [0, 0.1) is 12.8 Å². The van der Waals surface area contributed by atoms with Gasteiger partial charge in [-0.3, -0.25) is 19.2 Å². The van der Waals surface area contributed by atoms with Gasteiger partial charge in [-0.15, -0.1) is 0 Å². The van der Waals surface area contributed by atoms with E-state index in [1.165, 1.54) is 10.5 Å². The molecule has 0 bridgehead atoms. The third-order valence-corrected chi connectivity index (χ3v) is 5.31. The summed E-state index contributed by atoms with van der Waals surface area (Å²) in [5.74, 6) is -3.82. The number of ketones is 1. The number of hydrogen-bond donors (Lipinski definition) is 1. The number of piperidine rings is 1. The molecule has 2 aromatic carbocycles. The van der Waals surface area contributed by atoms with Gasteiger partial charge in [0.15, 0.2) is 11.7 Å². The Kier molecular flexibility index (Phi) is 7.31. The van der Waals surface area contributed by atoms with Gasteiger partial charge in [0.1, 0.15) is 12.1 Å². The molecule has 7 heteroatoms. The largest absolute Gasteiger partial charge is 0.459 e. The first-order valence-electron chi connectivity index (χ1n) is 11.0. The highest BCUT2D eigenvalue weighted by Crippen LogP contribution is 2.22. The van der Waals surface area contributed by atoms with Crippen molar-refractivity contribution in [2.45, 2.75) is 46.3 Å². The van der Waals surface area contributed by atoms with E-state index in [2.05, 4.69) is 29.6 Å². The maximum Gasteiger partial charge on any atom is 0.325 e. The number of carbonyl (C=O) groups is 4. The minimum atomic E-state index is -1.44. The molecule has 0 spiro atoms. The van der Waals surface area contributed by atoms with Gasteiger partial charge in [0.05, 0.1) is 0 Å². The topological polar surface area (TPSA) is 92.8 Å². The van der Waals surface area contributed by atoms with Crippen molar-refractivity contribution in [3.8, 4) is 11.1 Å². The van der Waals surface area contributed by atoms with E-state index in [1.54, 1.807) is 20.8 Å². The number of aryl methyl sites for hydroxylation is 1. The Balaban J connectivity index is 1.62. The average molecular weight is 451 g/mol. The fourth-order valence-electron chi connectivity index (χ4n) is 3.64. The van der Waals surface area contributed by atoms with Gasteiger partial charge in [-0.05, 0) is 44.4 Å². The second-order valence-electron chi connectivity index (χ2n) is 9.28. The lowest BCUT2D eigenvalue weighted by Crippen LogP contribution is -2.52. The summed E-state index contributed by atoms with van der Waals surface area (Å²) in [6.07, 6.45) is 0.0950. The summed E-state index contributed by atoms with van der Waals surface area (Å²) in [5.41, 5.74) is 3.58. The van der Waals surface area contributed by atoms with E-state index in [4.69, 9.17) is 4.74 Å². The second kappa shape index (κ2) is 9.98. The number of nitrogens with one attached hydrogen (secondary N) is 1. The highest BCUT2D eigenvalue weighted by Gasteiger charge is 2.40. The standard InChI is InChI=1S/C26H30N2O5/c1-17-5-9-19(10-6-17)20-11-7-18(8-12-20)16-28-14-13-21(29)23(25(28)32)24(31)27-15-22(30)33-26(2,3)4/h5-12,23H,13-16H2,1-4H3,(H,27,31). The molecule has 0 aromatic heterocycles. The maximum atomic E-state index is 12.9. The fourth-order valence-corrected chi connectivity index (χ4v) is 3.64. The second-order valence-corrected chi connectivity index (χ2v) is 9.28. The number of ether oxygens (including phenoxy) is 1. The molecular weight excluding hydrogens is 420 g/mol. The highest BCUT2D eigenvalue weighted by atomic mass is 16.6. The number of benzene rings is 2. The number of Topliss-reactive ketones (excluding diaryl/α,β-unsaturated/α-hetero) is 1. The summed E-state index contributed by atoms with van der Waals surface area (Å²) >= 11 is 0. The van der Waals surface area contributed by atoms with E-state index >= 15 is 0 Å². The molecule has 1 fully saturated rings. The van der Waals surface area contributed by atoms with Crippen molar-refractivity contribution in [2.75, 3.05) is 13.1 Å². The first kappa shape index (κ1) is 24.2. The van der Waals surface area contributed by atoms with Crippen LogP contribution in [0.1, 0.15) is 38.3 Å². The van der Waals surface area contributed by atoms with Crippen LogP contribution in [-0.2, 0) is 30.5 Å². The van der Waals surface area contributed by atoms with E-state index in [9.17, 15) is 19.2 Å². The van der Waals surface area contributed by atoms with E-state index < -0.39 is 41.6 Å². The predicted octanol–water partition coefficient (Wildman–Crippen LogP) is 3.04. The van der Waals surface area contributed by atoms with Crippen molar-refractivity contribution in [3.63, 3.8) is 0 Å². The number of amides is 2. The first-order valence-corrected chi connectivity index (χ1v) is 11.0. The smallest absolute Gasteiger partial charge is 0.325 e. The normalized spacial score (nSPS) is 16.5. The van der Waals surface area contributed by atoms with Crippen LogP contribution in [0.15, 0.2) is 48.5 Å². The third-order valence-electron chi connectivity index (χ3n) is 5.31. The Hall–Kier alpha value is -3.48. The molecule has 3 rings (SSSR count). The third kappa shape index (κ3) is 6.51. The van der Waals surface area contributed by atoms with Crippen LogP contribution >= 0.6 is 0 Å². The minimum Gasteiger partial charge on any atom is -0.459 e. The highest BCUT2D eigenvalue weighted by molar-refractivity contribution is 6.19. The average Bonchev–Trinajstić information content (AvgIpc) is 2.74. The van der Waals surface area contributed by atoms with Gasteiger partial charge in [0, 0.05) is 19.5 Å². The molecule has 1 aliphatic rings. The molecule has 1 atom stereocenters. The van der Waals surface area contributed by atoms with Crippen molar-refractivity contribution in [1.82, 2.24) is 10.2 Å². The lowest BCUT2D eigenvalue weighted by molar-refractivity contribution is -0.157. The Labute approximate surface area is 194 Å². The van der Waals surface area contributed by atoms with E-state index in [-0.39, 0.29) is 13.0 Å². The van der Waals surface area contributed by atoms with Gasteiger partial charge < -0.3 is 15.0 Å². The molecule has 1 saturated heterocycles. The lowest BCUT2D eigenvalue weighted by atomic mass is 9.94. The SMILES string of the molecule is Cc1ccc(-c2ccc(CN3CCC(=O)C(C(=O)NCC(=O)OC(C)(C)C)C3=O)cc2)cc1. The van der Waals surface area contributed by atoms with Gasteiger partial charge in [0.25, 0.3) is 0 Å². The molecule has 0 saturated carbocycles. The van der Waals surface area contributed by atoms with Crippen LogP contribution < -0.4 is 5.32 Å². The monoisotopic (exact) mass is 450 g/mol. The van der Waals surface area contributed by atoms with Crippen LogP contribution in [0.25, 0.3) is 11.1 Å². The van der Waals surface area contributed by atoms with Crippen LogP contribution in [-0.4, -0.2) is 47.2 Å². The quantitative estimate of drug-likeness (QED) is 0.539. The Morgan fingerprint density at radius 1 is 1.00 bits per heavy atom. The van der Waals surface area contributed by atoms with Crippen molar-refractivity contribution >= 4 is 23.6 Å². The van der Waals surface area contributed by atoms with Crippen molar-refractivity contribution in [2.24, 2.45) is 5.92 Å². The van der Waals surface area contributed by atoms with Crippen molar-refractivity contribution in [3.05, 3.63) is 59.7 Å². The summed E-state index contributed by atoms with van der Waals surface area (Å²) < 4.78 is 5.14. The molecule has 174 valence electrons. The number of likely N-dealkylation sites (tertiary alicyclic amines) is 1. The van der Waals surface area contributed by atoms with E-state index in [0.717, 1.165) is 16.7 Å². The van der Waals surface area contributed by atoms with Gasteiger partial charge in [-0.25, -0.2) is 0 Å². The molecule has 1 unspecified atom stereocenters. The van der Waals surface area contributed by atoms with Gasteiger partial charge in [-0.2, -0.15) is 0 Å². The Bertz CT molecular complexity index is 1040. The molecule has 0 radical (unpaired) electrons. The summed E-state index contributed by atoms with van der Waals surface area (Å²) in [4.78, 5) is 51.1. The zero-order valence-corrected chi connectivity index (χ0v) is 19.5. The summed E-state index contributed by atoms with van der Waals surface area (Å²) in [6, 6.07) is 16.1.